The molecule has 0 N–H and O–H groups in total. The van der Waals surface area contributed by atoms with E-state index in [1.165, 1.54) is 6.07 Å². The molecular formula is C16H12FNO. The molecule has 2 nitrogen and oxygen atoms in total. The Hall–Kier alpha value is -2.42. The maximum absolute atomic E-state index is 13.1. The van der Waals surface area contributed by atoms with Crippen molar-refractivity contribution in [2.24, 2.45) is 0 Å². The van der Waals surface area contributed by atoms with Gasteiger partial charge in [-0.05, 0) is 29.8 Å². The van der Waals surface area contributed by atoms with Crippen LogP contribution in [0.5, 0.6) is 5.75 Å². The van der Waals surface area contributed by atoms with Crippen molar-refractivity contribution < 1.29 is 9.13 Å². The highest BCUT2D eigenvalue weighted by Gasteiger charge is 2.04. The molecule has 0 spiro atoms. The summed E-state index contributed by atoms with van der Waals surface area (Å²) in [6, 6.07) is 18.4. The SMILES string of the molecule is Fc1ccc2c(OCc3ccccc3)cccc2n1. The van der Waals surface area contributed by atoms with Crippen molar-refractivity contribution in [2.75, 3.05) is 0 Å². The molecule has 0 fully saturated rings. The molecule has 0 aliphatic rings. The van der Waals surface area contributed by atoms with Crippen LogP contribution in [-0.2, 0) is 6.61 Å². The lowest BCUT2D eigenvalue weighted by molar-refractivity contribution is 0.310. The predicted octanol–water partition coefficient (Wildman–Crippen LogP) is 3.95. The molecule has 94 valence electrons. The molecule has 2 aromatic carbocycles. The van der Waals surface area contributed by atoms with Gasteiger partial charge in [-0.1, -0.05) is 36.4 Å². The van der Waals surface area contributed by atoms with Gasteiger partial charge in [0, 0.05) is 5.39 Å². The maximum Gasteiger partial charge on any atom is 0.213 e. The van der Waals surface area contributed by atoms with Crippen LogP contribution in [0.3, 0.4) is 0 Å². The predicted molar refractivity (Wildman–Crippen MR) is 72.5 cm³/mol. The zero-order valence-electron chi connectivity index (χ0n) is 10.2. The third kappa shape index (κ3) is 2.55. The van der Waals surface area contributed by atoms with Gasteiger partial charge in [0.25, 0.3) is 0 Å². The van der Waals surface area contributed by atoms with E-state index in [0.29, 0.717) is 17.9 Å². The van der Waals surface area contributed by atoms with E-state index in [2.05, 4.69) is 4.98 Å². The van der Waals surface area contributed by atoms with Gasteiger partial charge >= 0.3 is 0 Å². The second kappa shape index (κ2) is 5.06. The van der Waals surface area contributed by atoms with Gasteiger partial charge in [0.2, 0.25) is 5.95 Å². The van der Waals surface area contributed by atoms with Crippen molar-refractivity contribution >= 4 is 10.9 Å². The first kappa shape index (κ1) is 11.7. The smallest absolute Gasteiger partial charge is 0.213 e. The first-order valence-corrected chi connectivity index (χ1v) is 6.05. The number of hydrogen-bond donors (Lipinski definition) is 0. The summed E-state index contributed by atoms with van der Waals surface area (Å²) >= 11 is 0. The molecule has 1 aromatic heterocycles. The lowest BCUT2D eigenvalue weighted by Crippen LogP contribution is -1.96. The number of pyridine rings is 1. The van der Waals surface area contributed by atoms with E-state index >= 15 is 0 Å². The number of halogens is 1. The van der Waals surface area contributed by atoms with Gasteiger partial charge in [-0.15, -0.1) is 0 Å². The van der Waals surface area contributed by atoms with Crippen LogP contribution < -0.4 is 4.74 Å². The van der Waals surface area contributed by atoms with Crippen LogP contribution >= 0.6 is 0 Å². The number of nitrogens with zero attached hydrogens (tertiary/aromatic N) is 1. The largest absolute Gasteiger partial charge is 0.488 e. The van der Waals surface area contributed by atoms with Crippen molar-refractivity contribution in [3.63, 3.8) is 0 Å². The summed E-state index contributed by atoms with van der Waals surface area (Å²) in [4.78, 5) is 3.84. The number of ether oxygens (including phenoxy) is 1. The fraction of sp³-hybridized carbons (Fsp3) is 0.0625. The number of fused-ring (bicyclic) bond motifs is 1. The number of benzene rings is 2. The van der Waals surface area contributed by atoms with Gasteiger partial charge in [0.1, 0.15) is 12.4 Å². The molecule has 1 heterocycles. The Morgan fingerprint density at radius 3 is 2.58 bits per heavy atom. The van der Waals surface area contributed by atoms with Gasteiger partial charge in [0.05, 0.1) is 5.52 Å². The molecule has 0 saturated carbocycles. The summed E-state index contributed by atoms with van der Waals surface area (Å²) in [5.41, 5.74) is 1.69. The molecule has 19 heavy (non-hydrogen) atoms. The summed E-state index contributed by atoms with van der Waals surface area (Å²) in [5, 5.41) is 0.819. The van der Waals surface area contributed by atoms with E-state index < -0.39 is 5.95 Å². The highest BCUT2D eigenvalue weighted by atomic mass is 19.1. The Morgan fingerprint density at radius 1 is 0.895 bits per heavy atom. The lowest BCUT2D eigenvalue weighted by Gasteiger charge is -2.09. The number of aromatic nitrogens is 1. The van der Waals surface area contributed by atoms with Crippen LogP contribution in [0.15, 0.2) is 60.7 Å². The fourth-order valence-corrected chi connectivity index (χ4v) is 1.96. The Balaban J connectivity index is 1.89. The standard InChI is InChI=1S/C16H12FNO/c17-16-10-9-13-14(18-16)7-4-8-15(13)19-11-12-5-2-1-3-6-12/h1-10H,11H2. The molecule has 3 heteroatoms. The van der Waals surface area contributed by atoms with Gasteiger partial charge in [-0.25, -0.2) is 4.98 Å². The van der Waals surface area contributed by atoms with Crippen molar-refractivity contribution in [1.82, 2.24) is 4.98 Å². The third-order valence-corrected chi connectivity index (χ3v) is 2.90. The van der Waals surface area contributed by atoms with Gasteiger partial charge in [-0.2, -0.15) is 4.39 Å². The normalized spacial score (nSPS) is 10.6. The Labute approximate surface area is 110 Å². The van der Waals surface area contributed by atoms with E-state index in [0.717, 1.165) is 10.9 Å². The molecule has 0 amide bonds. The average Bonchev–Trinajstić information content (AvgIpc) is 2.45. The molecule has 3 aromatic rings. The minimum Gasteiger partial charge on any atom is -0.488 e. The number of hydrogen-bond acceptors (Lipinski definition) is 2. The molecule has 0 atom stereocenters. The van der Waals surface area contributed by atoms with Gasteiger partial charge in [0.15, 0.2) is 0 Å². The van der Waals surface area contributed by atoms with Gasteiger partial charge in [-0.3, -0.25) is 0 Å². The van der Waals surface area contributed by atoms with Crippen LogP contribution in [0.25, 0.3) is 10.9 Å². The summed E-state index contributed by atoms with van der Waals surface area (Å²) in [6.45, 7) is 0.483. The fourth-order valence-electron chi connectivity index (χ4n) is 1.96. The van der Waals surface area contributed by atoms with E-state index in [4.69, 9.17) is 4.74 Å². The number of rotatable bonds is 3. The molecule has 0 saturated heterocycles. The van der Waals surface area contributed by atoms with Crippen molar-refractivity contribution in [2.45, 2.75) is 6.61 Å². The van der Waals surface area contributed by atoms with Crippen LogP contribution in [0.4, 0.5) is 4.39 Å². The molecule has 0 bridgehead atoms. The second-order valence-corrected chi connectivity index (χ2v) is 4.23. The average molecular weight is 253 g/mol. The minimum absolute atomic E-state index is 0.479. The van der Waals surface area contributed by atoms with Gasteiger partial charge < -0.3 is 4.74 Å². The first-order chi connectivity index (χ1) is 9.33. The van der Waals surface area contributed by atoms with Crippen LogP contribution in [0, 0.1) is 5.95 Å². The van der Waals surface area contributed by atoms with E-state index in [1.807, 2.05) is 42.5 Å². The maximum atomic E-state index is 13.1. The molecule has 0 aliphatic heterocycles. The second-order valence-electron chi connectivity index (χ2n) is 4.23. The quantitative estimate of drug-likeness (QED) is 0.659. The van der Waals surface area contributed by atoms with E-state index in [1.54, 1.807) is 12.1 Å². The minimum atomic E-state index is -0.479. The first-order valence-electron chi connectivity index (χ1n) is 6.05. The summed E-state index contributed by atoms with van der Waals surface area (Å²) in [5.74, 6) is 0.238. The monoisotopic (exact) mass is 253 g/mol. The zero-order chi connectivity index (χ0) is 13.1. The van der Waals surface area contributed by atoms with E-state index in [9.17, 15) is 4.39 Å². The Kier molecular flexibility index (Phi) is 3.11. The topological polar surface area (TPSA) is 22.1 Å². The Bertz CT molecular complexity index is 697. The molecule has 0 unspecified atom stereocenters. The van der Waals surface area contributed by atoms with Crippen molar-refractivity contribution in [1.29, 1.82) is 0 Å². The molecule has 0 radical (unpaired) electrons. The highest BCUT2D eigenvalue weighted by Crippen LogP contribution is 2.25. The Morgan fingerprint density at radius 2 is 1.74 bits per heavy atom. The zero-order valence-corrected chi connectivity index (χ0v) is 10.2. The van der Waals surface area contributed by atoms with Crippen molar-refractivity contribution in [3.8, 4) is 5.75 Å². The molecular weight excluding hydrogens is 241 g/mol. The van der Waals surface area contributed by atoms with Crippen LogP contribution in [-0.4, -0.2) is 4.98 Å². The third-order valence-electron chi connectivity index (χ3n) is 2.90. The molecule has 3 rings (SSSR count). The summed E-state index contributed by atoms with van der Waals surface area (Å²) in [7, 11) is 0. The van der Waals surface area contributed by atoms with Crippen LogP contribution in [0.1, 0.15) is 5.56 Å². The lowest BCUT2D eigenvalue weighted by atomic mass is 10.2. The van der Waals surface area contributed by atoms with E-state index in [-0.39, 0.29) is 0 Å². The van der Waals surface area contributed by atoms with Crippen LogP contribution in [0.2, 0.25) is 0 Å². The summed E-state index contributed by atoms with van der Waals surface area (Å²) in [6.07, 6.45) is 0. The molecule has 0 aliphatic carbocycles. The highest BCUT2D eigenvalue weighted by molar-refractivity contribution is 5.84. The summed E-state index contributed by atoms with van der Waals surface area (Å²) < 4.78 is 18.8. The van der Waals surface area contributed by atoms with Crippen molar-refractivity contribution in [3.05, 3.63) is 72.2 Å².